The second-order valence-corrected chi connectivity index (χ2v) is 3.82. The first-order valence-electron chi connectivity index (χ1n) is 3.30. The summed E-state index contributed by atoms with van der Waals surface area (Å²) in [6.07, 6.45) is 1.90. The summed E-state index contributed by atoms with van der Waals surface area (Å²) in [6, 6.07) is 0. The number of rotatable bonds is 1. The van der Waals surface area contributed by atoms with Gasteiger partial charge in [-0.3, -0.25) is 4.68 Å². The van der Waals surface area contributed by atoms with Crippen molar-refractivity contribution in [2.75, 3.05) is 0 Å². The van der Waals surface area contributed by atoms with Crippen LogP contribution in [0.1, 0.15) is 25.5 Å². The predicted octanol–water partition coefficient (Wildman–Crippen LogP) is 2.15. The Hall–Kier alpha value is -0.0600. The monoisotopic (exact) mass is 250 g/mol. The minimum Gasteiger partial charge on any atom is -0.271 e. The molecule has 0 spiro atoms. The Labute approximate surface area is 74.8 Å². The molecule has 0 fully saturated rings. The fourth-order valence-corrected chi connectivity index (χ4v) is 2.17. The molecule has 3 heteroatoms. The van der Waals surface area contributed by atoms with Gasteiger partial charge in [0.05, 0.1) is 15.5 Å². The number of hydrogen-bond donors (Lipinski definition) is 0. The molecule has 0 unspecified atom stereocenters. The Morgan fingerprint density at radius 1 is 1.60 bits per heavy atom. The van der Waals surface area contributed by atoms with E-state index in [1.807, 2.05) is 17.9 Å². The second kappa shape index (κ2) is 2.90. The molecule has 0 aliphatic rings. The van der Waals surface area contributed by atoms with Gasteiger partial charge in [0.25, 0.3) is 0 Å². The van der Waals surface area contributed by atoms with Crippen LogP contribution >= 0.6 is 22.6 Å². The van der Waals surface area contributed by atoms with Crippen LogP contribution in [0.4, 0.5) is 0 Å². The maximum absolute atomic E-state index is 4.15. The highest BCUT2D eigenvalue weighted by Crippen LogP contribution is 2.19. The maximum Gasteiger partial charge on any atom is 0.0626 e. The van der Waals surface area contributed by atoms with Crippen LogP contribution in [0.25, 0.3) is 0 Å². The van der Waals surface area contributed by atoms with E-state index in [1.54, 1.807) is 0 Å². The summed E-state index contributed by atoms with van der Waals surface area (Å²) < 4.78 is 3.20. The van der Waals surface area contributed by atoms with Crippen molar-refractivity contribution in [3.63, 3.8) is 0 Å². The van der Waals surface area contributed by atoms with Crippen LogP contribution in [0, 0.1) is 3.57 Å². The molecule has 1 heterocycles. The third-order valence-corrected chi connectivity index (χ3v) is 2.32. The van der Waals surface area contributed by atoms with Gasteiger partial charge >= 0.3 is 0 Å². The summed E-state index contributed by atoms with van der Waals surface area (Å²) in [5.41, 5.74) is 1.32. The van der Waals surface area contributed by atoms with Gasteiger partial charge in [0.1, 0.15) is 0 Å². The molecule has 0 N–H and O–H groups in total. The van der Waals surface area contributed by atoms with Gasteiger partial charge in [-0.1, -0.05) is 13.8 Å². The summed E-state index contributed by atoms with van der Waals surface area (Å²) in [4.78, 5) is 0. The molecule has 0 saturated heterocycles. The highest BCUT2D eigenvalue weighted by molar-refractivity contribution is 14.1. The van der Waals surface area contributed by atoms with E-state index < -0.39 is 0 Å². The SMILES string of the molecule is CC(C)c1c(I)cnn1C. The lowest BCUT2D eigenvalue weighted by Crippen LogP contribution is -2.00. The Morgan fingerprint density at radius 3 is 2.40 bits per heavy atom. The lowest BCUT2D eigenvalue weighted by Gasteiger charge is -2.05. The van der Waals surface area contributed by atoms with Gasteiger partial charge in [-0.25, -0.2) is 0 Å². The van der Waals surface area contributed by atoms with Crippen molar-refractivity contribution >= 4 is 22.6 Å². The van der Waals surface area contributed by atoms with Gasteiger partial charge in [0.2, 0.25) is 0 Å². The highest BCUT2D eigenvalue weighted by Gasteiger charge is 2.08. The Balaban J connectivity index is 3.10. The molecular formula is C7H11IN2. The average molecular weight is 250 g/mol. The molecule has 0 saturated carbocycles. The molecule has 1 aromatic rings. The van der Waals surface area contributed by atoms with Crippen LogP contribution in [0.2, 0.25) is 0 Å². The molecule has 0 bridgehead atoms. The van der Waals surface area contributed by atoms with E-state index in [0.29, 0.717) is 5.92 Å². The van der Waals surface area contributed by atoms with Gasteiger partial charge in [0, 0.05) is 7.05 Å². The second-order valence-electron chi connectivity index (χ2n) is 2.66. The summed E-state index contributed by atoms with van der Waals surface area (Å²) in [5.74, 6) is 0.569. The van der Waals surface area contributed by atoms with Gasteiger partial charge in [-0.05, 0) is 28.5 Å². The molecular weight excluding hydrogens is 239 g/mol. The predicted molar refractivity (Wildman–Crippen MR) is 50.0 cm³/mol. The number of halogens is 1. The number of aromatic nitrogens is 2. The topological polar surface area (TPSA) is 17.8 Å². The zero-order valence-electron chi connectivity index (χ0n) is 6.43. The van der Waals surface area contributed by atoms with Crippen LogP contribution in [0.5, 0.6) is 0 Å². The highest BCUT2D eigenvalue weighted by atomic mass is 127. The normalized spacial score (nSPS) is 10.9. The van der Waals surface area contributed by atoms with Crippen molar-refractivity contribution in [2.45, 2.75) is 19.8 Å². The van der Waals surface area contributed by atoms with Crippen molar-refractivity contribution in [1.29, 1.82) is 0 Å². The molecule has 56 valence electrons. The first-order valence-corrected chi connectivity index (χ1v) is 4.38. The molecule has 0 radical (unpaired) electrons. The van der Waals surface area contributed by atoms with Crippen LogP contribution < -0.4 is 0 Å². The van der Waals surface area contributed by atoms with Gasteiger partial charge in [-0.15, -0.1) is 0 Å². The first kappa shape index (κ1) is 8.04. The van der Waals surface area contributed by atoms with Crippen LogP contribution in [0.15, 0.2) is 6.20 Å². The largest absolute Gasteiger partial charge is 0.271 e. The van der Waals surface area contributed by atoms with E-state index in [-0.39, 0.29) is 0 Å². The minimum absolute atomic E-state index is 0.569. The van der Waals surface area contributed by atoms with E-state index >= 15 is 0 Å². The summed E-state index contributed by atoms with van der Waals surface area (Å²) >= 11 is 2.31. The number of hydrogen-bond acceptors (Lipinski definition) is 1. The fourth-order valence-electron chi connectivity index (χ4n) is 1.07. The molecule has 0 atom stereocenters. The zero-order valence-corrected chi connectivity index (χ0v) is 8.58. The smallest absolute Gasteiger partial charge is 0.0626 e. The summed E-state index contributed by atoms with van der Waals surface area (Å²) in [7, 11) is 1.98. The first-order chi connectivity index (χ1) is 4.63. The Morgan fingerprint density at radius 2 is 2.20 bits per heavy atom. The van der Waals surface area contributed by atoms with Crippen molar-refractivity contribution in [1.82, 2.24) is 9.78 Å². The van der Waals surface area contributed by atoms with Gasteiger partial charge in [-0.2, -0.15) is 5.10 Å². The van der Waals surface area contributed by atoms with Crippen molar-refractivity contribution in [3.8, 4) is 0 Å². The molecule has 0 aliphatic heterocycles. The summed E-state index contributed by atoms with van der Waals surface area (Å²) in [6.45, 7) is 4.36. The Kier molecular flexibility index (Phi) is 2.33. The summed E-state index contributed by atoms with van der Waals surface area (Å²) in [5, 5.41) is 4.15. The lowest BCUT2D eigenvalue weighted by atomic mass is 10.1. The molecule has 1 rings (SSSR count). The standard InChI is InChI=1S/C7H11IN2/c1-5(2)7-6(8)4-9-10(7)3/h4-5H,1-3H3. The third-order valence-electron chi connectivity index (χ3n) is 1.48. The van der Waals surface area contributed by atoms with E-state index in [1.165, 1.54) is 9.26 Å². The maximum atomic E-state index is 4.15. The van der Waals surface area contributed by atoms with Crippen LogP contribution in [0.3, 0.4) is 0 Å². The Bertz CT molecular complexity index is 208. The molecule has 0 amide bonds. The number of nitrogens with zero attached hydrogens (tertiary/aromatic N) is 2. The minimum atomic E-state index is 0.569. The van der Waals surface area contributed by atoms with E-state index in [0.717, 1.165) is 0 Å². The lowest BCUT2D eigenvalue weighted by molar-refractivity contribution is 0.667. The average Bonchev–Trinajstić information content (AvgIpc) is 2.11. The zero-order chi connectivity index (χ0) is 7.72. The fraction of sp³-hybridized carbons (Fsp3) is 0.571. The van der Waals surface area contributed by atoms with E-state index in [4.69, 9.17) is 0 Å². The van der Waals surface area contributed by atoms with E-state index in [2.05, 4.69) is 41.5 Å². The van der Waals surface area contributed by atoms with E-state index in [9.17, 15) is 0 Å². The number of aryl methyl sites for hydroxylation is 1. The van der Waals surface area contributed by atoms with Crippen molar-refractivity contribution < 1.29 is 0 Å². The van der Waals surface area contributed by atoms with Gasteiger partial charge in [0.15, 0.2) is 0 Å². The molecule has 2 nitrogen and oxygen atoms in total. The molecule has 0 aromatic carbocycles. The molecule has 10 heavy (non-hydrogen) atoms. The van der Waals surface area contributed by atoms with Crippen LogP contribution in [-0.2, 0) is 7.05 Å². The molecule has 0 aliphatic carbocycles. The van der Waals surface area contributed by atoms with Gasteiger partial charge < -0.3 is 0 Å². The third kappa shape index (κ3) is 1.33. The quantitative estimate of drug-likeness (QED) is 0.698. The van der Waals surface area contributed by atoms with Crippen LogP contribution in [-0.4, -0.2) is 9.78 Å². The van der Waals surface area contributed by atoms with Crippen molar-refractivity contribution in [3.05, 3.63) is 15.5 Å². The molecule has 1 aromatic heterocycles. The van der Waals surface area contributed by atoms with Crippen molar-refractivity contribution in [2.24, 2.45) is 7.05 Å².